The molecule has 2 saturated heterocycles. The van der Waals surface area contributed by atoms with E-state index in [0.29, 0.717) is 0 Å². The van der Waals surface area contributed by atoms with Gasteiger partial charge in [0, 0.05) is 35.3 Å². The first kappa shape index (κ1) is 24.4. The molecule has 1 aromatic heterocycles. The Kier molecular flexibility index (Phi) is 7.14. The van der Waals surface area contributed by atoms with Crippen molar-refractivity contribution in [3.63, 3.8) is 0 Å². The summed E-state index contributed by atoms with van der Waals surface area (Å²) in [6, 6.07) is 30.3. The summed E-state index contributed by atoms with van der Waals surface area (Å²) in [6.07, 6.45) is 5.81. The molecule has 190 valence electrons. The molecule has 3 heterocycles. The van der Waals surface area contributed by atoms with Gasteiger partial charge in [-0.2, -0.15) is 5.10 Å². The lowest BCUT2D eigenvalue weighted by atomic mass is 9.68. The SMILES string of the molecule is Clc1ccc(Cn2cc(CN3CCC3)c(CN3CCC(c4ccccc4)(c4ccccc4)CC3)n2)cc1. The van der Waals surface area contributed by atoms with Crippen molar-refractivity contribution >= 4 is 11.6 Å². The van der Waals surface area contributed by atoms with Crippen molar-refractivity contribution < 1.29 is 0 Å². The summed E-state index contributed by atoms with van der Waals surface area (Å²) in [5, 5.41) is 5.88. The predicted molar refractivity (Wildman–Crippen MR) is 151 cm³/mol. The first-order valence-corrected chi connectivity index (χ1v) is 13.9. The third-order valence-corrected chi connectivity index (χ3v) is 8.51. The number of nitrogens with zero attached hydrogens (tertiary/aromatic N) is 4. The summed E-state index contributed by atoms with van der Waals surface area (Å²) < 4.78 is 2.12. The van der Waals surface area contributed by atoms with Crippen LogP contribution in [0.4, 0.5) is 0 Å². The van der Waals surface area contributed by atoms with Gasteiger partial charge in [0.1, 0.15) is 0 Å². The third-order valence-electron chi connectivity index (χ3n) is 8.26. The molecule has 0 saturated carbocycles. The number of hydrogen-bond acceptors (Lipinski definition) is 3. The van der Waals surface area contributed by atoms with E-state index in [4.69, 9.17) is 16.7 Å². The minimum Gasteiger partial charge on any atom is -0.299 e. The highest BCUT2D eigenvalue weighted by Gasteiger charge is 2.38. The molecule has 4 nitrogen and oxygen atoms in total. The maximum atomic E-state index is 6.10. The molecule has 0 radical (unpaired) electrons. The van der Waals surface area contributed by atoms with Gasteiger partial charge in [0.2, 0.25) is 0 Å². The number of piperidine rings is 1. The Labute approximate surface area is 225 Å². The minimum atomic E-state index is 0.0768. The van der Waals surface area contributed by atoms with E-state index in [1.54, 1.807) is 0 Å². The molecule has 0 N–H and O–H groups in total. The highest BCUT2D eigenvalue weighted by atomic mass is 35.5. The molecule has 6 rings (SSSR count). The second-order valence-corrected chi connectivity index (χ2v) is 11.1. The molecule has 0 unspecified atom stereocenters. The van der Waals surface area contributed by atoms with Gasteiger partial charge in [0.25, 0.3) is 0 Å². The Balaban J connectivity index is 1.20. The average Bonchev–Trinajstić information content (AvgIpc) is 3.29. The van der Waals surface area contributed by atoms with Crippen LogP contribution in [0.2, 0.25) is 5.02 Å². The Bertz CT molecular complexity index is 1250. The lowest BCUT2D eigenvalue weighted by Gasteiger charge is -2.43. The summed E-state index contributed by atoms with van der Waals surface area (Å²) in [4.78, 5) is 5.14. The smallest absolute Gasteiger partial charge is 0.0809 e. The molecule has 0 aliphatic carbocycles. The Morgan fingerprint density at radius 2 is 1.27 bits per heavy atom. The fourth-order valence-electron chi connectivity index (χ4n) is 5.97. The molecule has 5 heteroatoms. The van der Waals surface area contributed by atoms with Gasteiger partial charge in [-0.05, 0) is 74.3 Å². The average molecular weight is 511 g/mol. The van der Waals surface area contributed by atoms with Gasteiger partial charge in [-0.3, -0.25) is 14.5 Å². The molecule has 3 aromatic carbocycles. The molecule has 0 spiro atoms. The Morgan fingerprint density at radius 3 is 1.84 bits per heavy atom. The lowest BCUT2D eigenvalue weighted by molar-refractivity contribution is 0.162. The van der Waals surface area contributed by atoms with E-state index in [-0.39, 0.29) is 5.41 Å². The van der Waals surface area contributed by atoms with Gasteiger partial charge >= 0.3 is 0 Å². The summed E-state index contributed by atoms with van der Waals surface area (Å²) in [5.41, 5.74) is 6.78. The number of halogens is 1. The zero-order valence-corrected chi connectivity index (χ0v) is 22.2. The van der Waals surface area contributed by atoms with Gasteiger partial charge in [-0.1, -0.05) is 84.4 Å². The highest BCUT2D eigenvalue weighted by molar-refractivity contribution is 6.30. The van der Waals surface area contributed by atoms with Gasteiger partial charge in [0.15, 0.2) is 0 Å². The summed E-state index contributed by atoms with van der Waals surface area (Å²) in [5.74, 6) is 0. The molecule has 0 bridgehead atoms. The van der Waals surface area contributed by atoms with Crippen LogP contribution in [0.15, 0.2) is 91.1 Å². The number of aromatic nitrogens is 2. The lowest BCUT2D eigenvalue weighted by Crippen LogP contribution is -2.43. The van der Waals surface area contributed by atoms with E-state index >= 15 is 0 Å². The maximum Gasteiger partial charge on any atom is 0.0809 e. The fourth-order valence-corrected chi connectivity index (χ4v) is 6.10. The van der Waals surface area contributed by atoms with E-state index in [0.717, 1.165) is 50.6 Å². The summed E-state index contributed by atoms with van der Waals surface area (Å²) in [7, 11) is 0. The fraction of sp³-hybridized carbons (Fsp3) is 0.344. The highest BCUT2D eigenvalue weighted by Crippen LogP contribution is 2.42. The molecule has 0 amide bonds. The monoisotopic (exact) mass is 510 g/mol. The predicted octanol–water partition coefficient (Wildman–Crippen LogP) is 6.37. The van der Waals surface area contributed by atoms with Crippen molar-refractivity contribution in [2.45, 2.75) is 44.3 Å². The van der Waals surface area contributed by atoms with Crippen LogP contribution < -0.4 is 0 Å². The van der Waals surface area contributed by atoms with E-state index in [9.17, 15) is 0 Å². The van der Waals surface area contributed by atoms with E-state index in [2.05, 4.69) is 93.5 Å². The zero-order chi connectivity index (χ0) is 25.1. The normalized spacial score (nSPS) is 18.0. The van der Waals surface area contributed by atoms with Crippen LogP contribution in [-0.2, 0) is 25.0 Å². The van der Waals surface area contributed by atoms with Crippen molar-refractivity contribution in [3.8, 4) is 0 Å². The van der Waals surface area contributed by atoms with Crippen molar-refractivity contribution in [3.05, 3.63) is 124 Å². The second kappa shape index (κ2) is 10.8. The van der Waals surface area contributed by atoms with Crippen molar-refractivity contribution in [1.29, 1.82) is 0 Å². The first-order chi connectivity index (χ1) is 18.2. The standard InChI is InChI=1S/C32H35ClN4/c33-30-14-12-26(13-15-30)22-37-24-27(23-35-18-7-19-35)31(34-37)25-36-20-16-32(17-21-36,28-8-3-1-4-9-28)29-10-5-2-6-11-29/h1-6,8-15,24H,7,16-23,25H2. The van der Waals surface area contributed by atoms with Gasteiger partial charge in [-0.25, -0.2) is 0 Å². The van der Waals surface area contributed by atoms with Crippen molar-refractivity contribution in [2.24, 2.45) is 0 Å². The van der Waals surface area contributed by atoms with Gasteiger partial charge in [0.05, 0.1) is 12.2 Å². The number of benzene rings is 3. The topological polar surface area (TPSA) is 24.3 Å². The molecule has 4 aromatic rings. The van der Waals surface area contributed by atoms with Crippen LogP contribution in [0.1, 0.15) is 47.2 Å². The Hall–Kier alpha value is -2.92. The number of rotatable bonds is 8. The zero-order valence-electron chi connectivity index (χ0n) is 21.4. The second-order valence-electron chi connectivity index (χ2n) is 10.6. The Morgan fingerprint density at radius 1 is 0.676 bits per heavy atom. The van der Waals surface area contributed by atoms with Crippen LogP contribution in [0.25, 0.3) is 0 Å². The minimum absolute atomic E-state index is 0.0768. The van der Waals surface area contributed by atoms with Crippen molar-refractivity contribution in [1.82, 2.24) is 19.6 Å². The van der Waals surface area contributed by atoms with Gasteiger partial charge in [-0.15, -0.1) is 0 Å². The largest absolute Gasteiger partial charge is 0.299 e. The third kappa shape index (κ3) is 5.38. The number of likely N-dealkylation sites (tertiary alicyclic amines) is 2. The molecule has 0 atom stereocenters. The van der Waals surface area contributed by atoms with Crippen LogP contribution >= 0.6 is 11.6 Å². The van der Waals surface area contributed by atoms with E-state index in [1.807, 2.05) is 12.1 Å². The molecular formula is C32H35ClN4. The van der Waals surface area contributed by atoms with Crippen LogP contribution in [-0.4, -0.2) is 45.8 Å². The quantitative estimate of drug-likeness (QED) is 0.275. The summed E-state index contributed by atoms with van der Waals surface area (Å²) >= 11 is 6.10. The first-order valence-electron chi connectivity index (χ1n) is 13.5. The summed E-state index contributed by atoms with van der Waals surface area (Å²) in [6.45, 7) is 7.21. The molecular weight excluding hydrogens is 476 g/mol. The molecule has 2 aliphatic heterocycles. The maximum absolute atomic E-state index is 6.10. The molecule has 2 aliphatic rings. The number of hydrogen-bond donors (Lipinski definition) is 0. The van der Waals surface area contributed by atoms with E-state index in [1.165, 1.54) is 47.5 Å². The van der Waals surface area contributed by atoms with Crippen LogP contribution in [0.5, 0.6) is 0 Å². The van der Waals surface area contributed by atoms with E-state index < -0.39 is 0 Å². The molecule has 37 heavy (non-hydrogen) atoms. The molecule has 2 fully saturated rings. The van der Waals surface area contributed by atoms with Crippen LogP contribution in [0.3, 0.4) is 0 Å². The van der Waals surface area contributed by atoms with Crippen LogP contribution in [0, 0.1) is 0 Å². The van der Waals surface area contributed by atoms with Crippen molar-refractivity contribution in [2.75, 3.05) is 26.2 Å². The van der Waals surface area contributed by atoms with Gasteiger partial charge < -0.3 is 0 Å².